The summed E-state index contributed by atoms with van der Waals surface area (Å²) >= 11 is 0. The van der Waals surface area contributed by atoms with Crippen LogP contribution in [-0.4, -0.2) is 48.4 Å². The van der Waals surface area contributed by atoms with Crippen LogP contribution in [0.4, 0.5) is 4.79 Å². The van der Waals surface area contributed by atoms with Crippen LogP contribution in [-0.2, 0) is 19.1 Å². The van der Waals surface area contributed by atoms with Crippen molar-refractivity contribution in [1.29, 1.82) is 0 Å². The van der Waals surface area contributed by atoms with E-state index in [2.05, 4.69) is 5.32 Å². The number of nitrogens with zero attached hydrogens (tertiary/aromatic N) is 1. The Bertz CT molecular complexity index is 396. The molecule has 0 aromatic carbocycles. The van der Waals surface area contributed by atoms with Gasteiger partial charge in [-0.1, -0.05) is 13.3 Å². The van der Waals surface area contributed by atoms with Crippen molar-refractivity contribution in [2.75, 3.05) is 19.8 Å². The number of urea groups is 1. The van der Waals surface area contributed by atoms with Gasteiger partial charge in [0.1, 0.15) is 12.5 Å². The van der Waals surface area contributed by atoms with Gasteiger partial charge in [0.05, 0.1) is 13.2 Å². The number of hydrogen-bond acceptors (Lipinski definition) is 5. The zero-order valence-corrected chi connectivity index (χ0v) is 10.7. The van der Waals surface area contributed by atoms with Gasteiger partial charge in [0.2, 0.25) is 17.7 Å². The molecule has 19 heavy (non-hydrogen) atoms. The lowest BCUT2D eigenvalue weighted by Gasteiger charge is -2.29. The van der Waals surface area contributed by atoms with Crippen LogP contribution in [0, 0.1) is 5.92 Å². The summed E-state index contributed by atoms with van der Waals surface area (Å²) < 4.78 is 4.88. The van der Waals surface area contributed by atoms with E-state index >= 15 is 0 Å². The number of barbiturate groups is 1. The van der Waals surface area contributed by atoms with Crippen molar-refractivity contribution in [2.24, 2.45) is 11.7 Å². The molecule has 8 heteroatoms. The second-order valence-electron chi connectivity index (χ2n) is 4.14. The molecule has 0 saturated carbocycles. The number of hydrogen-bond donors (Lipinski definition) is 2. The minimum absolute atomic E-state index is 0.00483. The summed E-state index contributed by atoms with van der Waals surface area (Å²) in [5, 5.41) is 2.12. The third-order valence-electron chi connectivity index (χ3n) is 2.64. The molecule has 1 atom stereocenters. The number of ether oxygens (including phenoxy) is 1. The van der Waals surface area contributed by atoms with Gasteiger partial charge < -0.3 is 10.5 Å². The molecule has 1 saturated heterocycles. The Hall–Kier alpha value is -1.96. The molecule has 8 nitrogen and oxygen atoms in total. The van der Waals surface area contributed by atoms with Gasteiger partial charge in [0.15, 0.2) is 0 Å². The van der Waals surface area contributed by atoms with Gasteiger partial charge in [-0.2, -0.15) is 0 Å². The van der Waals surface area contributed by atoms with Crippen LogP contribution in [0.5, 0.6) is 0 Å². The minimum Gasteiger partial charge on any atom is -0.370 e. The third kappa shape index (κ3) is 4.02. The Balaban J connectivity index is 2.55. The average Bonchev–Trinajstić information content (AvgIpc) is 2.33. The molecule has 0 bridgehead atoms. The molecule has 1 aliphatic rings. The van der Waals surface area contributed by atoms with Gasteiger partial charge in [-0.3, -0.25) is 24.6 Å². The van der Waals surface area contributed by atoms with E-state index in [1.165, 1.54) is 0 Å². The Kier molecular flexibility index (Phi) is 5.43. The largest absolute Gasteiger partial charge is 0.370 e. The second-order valence-corrected chi connectivity index (χ2v) is 4.14. The molecule has 0 aliphatic carbocycles. The van der Waals surface area contributed by atoms with Crippen LogP contribution in [0.25, 0.3) is 0 Å². The highest BCUT2D eigenvalue weighted by molar-refractivity contribution is 6.16. The molecule has 3 N–H and O–H groups in total. The first-order valence-corrected chi connectivity index (χ1v) is 5.99. The van der Waals surface area contributed by atoms with Crippen LogP contribution >= 0.6 is 0 Å². The Morgan fingerprint density at radius 2 is 2.11 bits per heavy atom. The van der Waals surface area contributed by atoms with E-state index in [9.17, 15) is 19.2 Å². The quantitative estimate of drug-likeness (QED) is 0.454. The van der Waals surface area contributed by atoms with Gasteiger partial charge in [-0.15, -0.1) is 0 Å². The van der Waals surface area contributed by atoms with Crippen LogP contribution in [0.2, 0.25) is 0 Å². The summed E-state index contributed by atoms with van der Waals surface area (Å²) in [5.74, 6) is -2.56. The molecule has 0 aromatic heterocycles. The maximum Gasteiger partial charge on any atom is 0.330 e. The number of amides is 5. The van der Waals surface area contributed by atoms with Crippen molar-refractivity contribution in [1.82, 2.24) is 10.2 Å². The number of carbonyl (C=O) groups excluding carboxylic acids is 4. The molecule has 0 aromatic rings. The van der Waals surface area contributed by atoms with E-state index in [0.717, 1.165) is 4.90 Å². The molecule has 1 heterocycles. The highest BCUT2D eigenvalue weighted by atomic mass is 16.5. The lowest BCUT2D eigenvalue weighted by Crippen LogP contribution is -2.58. The second kappa shape index (κ2) is 6.83. The average molecular weight is 271 g/mol. The number of nitrogens with one attached hydrogen (secondary N) is 1. The van der Waals surface area contributed by atoms with Crippen LogP contribution in [0.15, 0.2) is 0 Å². The van der Waals surface area contributed by atoms with Crippen molar-refractivity contribution in [3.05, 3.63) is 0 Å². The Labute approximate surface area is 110 Å². The highest BCUT2D eigenvalue weighted by Crippen LogP contribution is 2.15. The fourth-order valence-corrected chi connectivity index (χ4v) is 1.74. The maximum absolute atomic E-state index is 12.0. The summed E-state index contributed by atoms with van der Waals surface area (Å²) in [4.78, 5) is 46.3. The van der Waals surface area contributed by atoms with E-state index in [-0.39, 0.29) is 19.8 Å². The number of rotatable bonds is 7. The topological polar surface area (TPSA) is 119 Å². The fraction of sp³-hybridized carbons (Fsp3) is 0.636. The molecule has 1 fully saturated rings. The predicted molar refractivity (Wildman–Crippen MR) is 63.7 cm³/mol. The zero-order chi connectivity index (χ0) is 14.4. The summed E-state index contributed by atoms with van der Waals surface area (Å²) in [6.45, 7) is 1.54. The predicted octanol–water partition coefficient (Wildman–Crippen LogP) is -1.02. The van der Waals surface area contributed by atoms with Crippen molar-refractivity contribution >= 4 is 23.8 Å². The number of primary amides is 1. The van der Waals surface area contributed by atoms with Gasteiger partial charge in [-0.05, 0) is 6.42 Å². The van der Waals surface area contributed by atoms with E-state index in [0.29, 0.717) is 12.8 Å². The molecule has 1 rings (SSSR count). The third-order valence-corrected chi connectivity index (χ3v) is 2.64. The van der Waals surface area contributed by atoms with Crippen LogP contribution < -0.4 is 11.1 Å². The first kappa shape index (κ1) is 15.1. The van der Waals surface area contributed by atoms with Gasteiger partial charge in [0.25, 0.3) is 0 Å². The molecule has 0 spiro atoms. The number of carbonyl (C=O) groups is 4. The van der Waals surface area contributed by atoms with Gasteiger partial charge in [-0.25, -0.2) is 4.79 Å². The van der Waals surface area contributed by atoms with E-state index < -0.39 is 29.7 Å². The lowest BCUT2D eigenvalue weighted by molar-refractivity contribution is -0.143. The SMILES string of the molecule is CCCC1C(=O)NC(=O)N(CCOCC(N)=O)C1=O. The first-order chi connectivity index (χ1) is 8.97. The summed E-state index contributed by atoms with van der Waals surface area (Å²) in [6.07, 6.45) is 1.04. The Morgan fingerprint density at radius 1 is 1.42 bits per heavy atom. The van der Waals surface area contributed by atoms with Crippen LogP contribution in [0.3, 0.4) is 0 Å². The molecule has 106 valence electrons. The Morgan fingerprint density at radius 3 is 2.68 bits per heavy atom. The zero-order valence-electron chi connectivity index (χ0n) is 10.7. The van der Waals surface area contributed by atoms with Crippen LogP contribution in [0.1, 0.15) is 19.8 Å². The molecule has 1 unspecified atom stereocenters. The van der Waals surface area contributed by atoms with Crippen molar-refractivity contribution in [2.45, 2.75) is 19.8 Å². The molecular formula is C11H17N3O5. The molecular weight excluding hydrogens is 254 g/mol. The highest BCUT2D eigenvalue weighted by Gasteiger charge is 2.39. The summed E-state index contributed by atoms with van der Waals surface area (Å²) in [7, 11) is 0. The van der Waals surface area contributed by atoms with Crippen molar-refractivity contribution in [3.63, 3.8) is 0 Å². The van der Waals surface area contributed by atoms with Gasteiger partial charge in [0, 0.05) is 0 Å². The lowest BCUT2D eigenvalue weighted by atomic mass is 9.99. The smallest absolute Gasteiger partial charge is 0.330 e. The van der Waals surface area contributed by atoms with Gasteiger partial charge >= 0.3 is 6.03 Å². The minimum atomic E-state index is -0.834. The molecule has 0 radical (unpaired) electrons. The maximum atomic E-state index is 12.0. The number of imide groups is 2. The van der Waals surface area contributed by atoms with Crippen molar-refractivity contribution in [3.8, 4) is 0 Å². The normalized spacial score (nSPS) is 19.5. The van der Waals surface area contributed by atoms with E-state index in [1.54, 1.807) is 0 Å². The molecule has 5 amide bonds. The number of nitrogens with two attached hydrogens (primary N) is 1. The van der Waals surface area contributed by atoms with E-state index in [4.69, 9.17) is 10.5 Å². The monoisotopic (exact) mass is 271 g/mol. The summed E-state index contributed by atoms with van der Waals surface area (Å²) in [5.41, 5.74) is 4.88. The van der Waals surface area contributed by atoms with E-state index in [1.807, 2.05) is 6.92 Å². The first-order valence-electron chi connectivity index (χ1n) is 5.99. The molecule has 1 aliphatic heterocycles. The van der Waals surface area contributed by atoms with Crippen molar-refractivity contribution < 1.29 is 23.9 Å². The standard InChI is InChI=1S/C11H17N3O5/c1-2-3-7-9(16)13-11(18)14(10(7)17)4-5-19-6-8(12)15/h7H,2-6H2,1H3,(H2,12,15)(H,13,16,18). The fourth-order valence-electron chi connectivity index (χ4n) is 1.74. The summed E-state index contributed by atoms with van der Waals surface area (Å²) in [6, 6.07) is -0.759.